The van der Waals surface area contributed by atoms with Crippen LogP contribution in [0.4, 0.5) is 0 Å². The van der Waals surface area contributed by atoms with Crippen LogP contribution in [0.1, 0.15) is 0 Å². The van der Waals surface area contributed by atoms with Crippen molar-refractivity contribution in [3.8, 4) is 0 Å². The van der Waals surface area contributed by atoms with Crippen molar-refractivity contribution in [1.82, 2.24) is 0 Å². The fraction of sp³-hybridized carbons (Fsp3) is 0. The zero-order chi connectivity index (χ0) is 8.55. The molecule has 0 amide bonds. The number of benzene rings is 2. The molecule has 0 unspecified atom stereocenters. The molecular weight excluding hydrogens is 166 g/mol. The fourth-order valence-electron chi connectivity index (χ4n) is 1.24. The zero-order valence-electron chi connectivity index (χ0n) is 6.42. The molecule has 0 nitrogen and oxygen atoms in total. The van der Waals surface area contributed by atoms with E-state index < -0.39 is 0 Å². The summed E-state index contributed by atoms with van der Waals surface area (Å²) in [7, 11) is 5.63. The molecule has 56 valence electrons. The Bertz CT molecular complexity index is 386. The maximum absolute atomic E-state index is 5.83. The summed E-state index contributed by atoms with van der Waals surface area (Å²) in [4.78, 5) is 0. The molecule has 0 N–H and O–H groups in total. The first-order chi connectivity index (χ1) is 5.75. The quantitative estimate of drug-likeness (QED) is 0.535. The number of fused-ring (bicyclic) bond motifs is 1. The number of rotatable bonds is 0. The molecule has 0 bridgehead atoms. The molecule has 2 rings (SSSR count). The maximum atomic E-state index is 5.83. The second-order valence-electron chi connectivity index (χ2n) is 2.75. The summed E-state index contributed by atoms with van der Waals surface area (Å²) in [5.74, 6) is 0. The van der Waals surface area contributed by atoms with Gasteiger partial charge in [0.1, 0.15) is 7.85 Å². The van der Waals surface area contributed by atoms with Crippen LogP contribution >= 0.6 is 11.6 Å². The first-order valence-electron chi connectivity index (χ1n) is 3.70. The van der Waals surface area contributed by atoms with Gasteiger partial charge in [-0.2, -0.15) is 0 Å². The van der Waals surface area contributed by atoms with Crippen LogP contribution in [0.2, 0.25) is 5.02 Å². The summed E-state index contributed by atoms with van der Waals surface area (Å²) in [5, 5.41) is 2.99. The van der Waals surface area contributed by atoms with E-state index >= 15 is 0 Å². The normalized spacial score (nSPS) is 10.4. The second-order valence-corrected chi connectivity index (χ2v) is 3.19. The van der Waals surface area contributed by atoms with E-state index in [2.05, 4.69) is 0 Å². The predicted molar refractivity (Wildman–Crippen MR) is 54.3 cm³/mol. The largest absolute Gasteiger partial charge is 0.113 e. The van der Waals surface area contributed by atoms with E-state index in [1.165, 1.54) is 0 Å². The lowest BCUT2D eigenvalue weighted by Gasteiger charge is -1.99. The molecule has 0 heterocycles. The highest BCUT2D eigenvalue weighted by atomic mass is 35.5. The van der Waals surface area contributed by atoms with Gasteiger partial charge in [-0.05, 0) is 22.9 Å². The Morgan fingerprint density at radius 1 is 0.917 bits per heavy atom. The third-order valence-corrected chi connectivity index (χ3v) is 2.06. The van der Waals surface area contributed by atoms with Crippen molar-refractivity contribution < 1.29 is 0 Å². The molecule has 2 heteroatoms. The van der Waals surface area contributed by atoms with Gasteiger partial charge in [0, 0.05) is 5.02 Å². The molecule has 0 fully saturated rings. The van der Waals surface area contributed by atoms with E-state index in [0.717, 1.165) is 21.3 Å². The van der Waals surface area contributed by atoms with Gasteiger partial charge in [0.2, 0.25) is 0 Å². The number of halogens is 1. The van der Waals surface area contributed by atoms with Crippen LogP contribution in [0.3, 0.4) is 0 Å². The molecule has 2 aromatic carbocycles. The van der Waals surface area contributed by atoms with Crippen LogP contribution in [-0.2, 0) is 0 Å². The van der Waals surface area contributed by atoms with Crippen LogP contribution in [0.15, 0.2) is 36.4 Å². The molecule has 2 radical (unpaired) electrons. The highest BCUT2D eigenvalue weighted by Crippen LogP contribution is 2.17. The second kappa shape index (κ2) is 2.83. The van der Waals surface area contributed by atoms with Crippen LogP contribution in [0, 0.1) is 0 Å². The van der Waals surface area contributed by atoms with Crippen LogP contribution in [0.5, 0.6) is 0 Å². The van der Waals surface area contributed by atoms with Gasteiger partial charge in [-0.25, -0.2) is 0 Å². The molecule has 2 aromatic rings. The zero-order valence-corrected chi connectivity index (χ0v) is 7.18. The number of hydrogen-bond acceptors (Lipinski definition) is 0. The molecule has 0 saturated carbocycles. The van der Waals surface area contributed by atoms with Crippen LogP contribution < -0.4 is 5.46 Å². The van der Waals surface area contributed by atoms with Gasteiger partial charge in [-0.1, -0.05) is 41.3 Å². The first kappa shape index (κ1) is 7.69. The monoisotopic (exact) mass is 172 g/mol. The van der Waals surface area contributed by atoms with Gasteiger partial charge in [-0.15, -0.1) is 0 Å². The Labute approximate surface area is 77.6 Å². The standard InChI is InChI=1S/C10H6BCl/c11-9-3-1-7-2-4-10(12)6-8(7)5-9/h1-6H. The Kier molecular flexibility index (Phi) is 1.82. The smallest absolute Gasteiger partial charge is 0.0960 e. The molecule has 0 aromatic heterocycles. The topological polar surface area (TPSA) is 0 Å². The summed E-state index contributed by atoms with van der Waals surface area (Å²) >= 11 is 5.83. The van der Waals surface area contributed by atoms with Crippen molar-refractivity contribution in [3.63, 3.8) is 0 Å². The molecule has 0 atom stereocenters. The van der Waals surface area contributed by atoms with Crippen LogP contribution in [0.25, 0.3) is 10.8 Å². The Morgan fingerprint density at radius 2 is 1.67 bits per heavy atom. The van der Waals surface area contributed by atoms with E-state index in [1.54, 1.807) is 0 Å². The van der Waals surface area contributed by atoms with E-state index in [9.17, 15) is 0 Å². The molecule has 0 aliphatic heterocycles. The van der Waals surface area contributed by atoms with Crippen LogP contribution in [-0.4, -0.2) is 7.85 Å². The van der Waals surface area contributed by atoms with Gasteiger partial charge >= 0.3 is 0 Å². The van der Waals surface area contributed by atoms with Crippen molar-refractivity contribution in [2.45, 2.75) is 0 Å². The average Bonchev–Trinajstić information content (AvgIpc) is 2.03. The van der Waals surface area contributed by atoms with E-state index in [-0.39, 0.29) is 0 Å². The SMILES string of the molecule is [B]c1ccc2ccc(Cl)cc2c1. The van der Waals surface area contributed by atoms with E-state index in [0.29, 0.717) is 0 Å². The lowest BCUT2D eigenvalue weighted by Crippen LogP contribution is -1.99. The van der Waals surface area contributed by atoms with Crippen molar-refractivity contribution >= 4 is 35.7 Å². The minimum absolute atomic E-state index is 0.744. The average molecular weight is 172 g/mol. The summed E-state index contributed by atoms with van der Waals surface area (Å²) < 4.78 is 0. The van der Waals surface area contributed by atoms with E-state index in [1.807, 2.05) is 36.4 Å². The first-order valence-corrected chi connectivity index (χ1v) is 4.08. The van der Waals surface area contributed by atoms with Crippen molar-refractivity contribution in [2.75, 3.05) is 0 Å². The lowest BCUT2D eigenvalue weighted by molar-refractivity contribution is 1.78. The molecule has 12 heavy (non-hydrogen) atoms. The molecule has 0 aliphatic carbocycles. The summed E-state index contributed by atoms with van der Waals surface area (Å²) in [6.45, 7) is 0. The highest BCUT2D eigenvalue weighted by molar-refractivity contribution is 6.34. The summed E-state index contributed by atoms with van der Waals surface area (Å²) in [6.07, 6.45) is 0. The van der Waals surface area contributed by atoms with Gasteiger partial charge < -0.3 is 0 Å². The van der Waals surface area contributed by atoms with E-state index in [4.69, 9.17) is 19.4 Å². The van der Waals surface area contributed by atoms with Crippen molar-refractivity contribution in [3.05, 3.63) is 41.4 Å². The molecule has 0 saturated heterocycles. The minimum Gasteiger partial charge on any atom is -0.0960 e. The summed E-state index contributed by atoms with van der Waals surface area (Å²) in [5.41, 5.74) is 0.768. The maximum Gasteiger partial charge on any atom is 0.113 e. The predicted octanol–water partition coefficient (Wildman–Crippen LogP) is 2.29. The fourth-order valence-corrected chi connectivity index (χ4v) is 1.42. The molecule has 0 aliphatic rings. The van der Waals surface area contributed by atoms with Gasteiger partial charge in [-0.3, -0.25) is 0 Å². The Hall–Kier alpha value is -0.945. The Balaban J connectivity index is 2.80. The molecular formula is C10H6BCl. The highest BCUT2D eigenvalue weighted by Gasteiger charge is 1.93. The van der Waals surface area contributed by atoms with Gasteiger partial charge in [0.05, 0.1) is 0 Å². The third kappa shape index (κ3) is 1.33. The lowest BCUT2D eigenvalue weighted by atomic mass is 9.94. The number of hydrogen-bond donors (Lipinski definition) is 0. The van der Waals surface area contributed by atoms with Crippen molar-refractivity contribution in [2.24, 2.45) is 0 Å². The minimum atomic E-state index is 0.744. The van der Waals surface area contributed by atoms with Gasteiger partial charge in [0.15, 0.2) is 0 Å². The Morgan fingerprint density at radius 3 is 2.50 bits per heavy atom. The summed E-state index contributed by atoms with van der Waals surface area (Å²) in [6, 6.07) is 11.6. The third-order valence-electron chi connectivity index (χ3n) is 1.83. The molecule has 0 spiro atoms. The van der Waals surface area contributed by atoms with Gasteiger partial charge in [0.25, 0.3) is 0 Å². The van der Waals surface area contributed by atoms with Crippen molar-refractivity contribution in [1.29, 1.82) is 0 Å².